The minimum absolute atomic E-state index is 0.291. The van der Waals surface area contributed by atoms with Crippen LogP contribution in [0, 0.1) is 13.8 Å². The molecule has 1 atom stereocenters. The van der Waals surface area contributed by atoms with Crippen molar-refractivity contribution in [2.75, 3.05) is 33.2 Å². The van der Waals surface area contributed by atoms with Gasteiger partial charge in [0.15, 0.2) is 0 Å². The van der Waals surface area contributed by atoms with E-state index in [9.17, 15) is 18.0 Å². The minimum Gasteiger partial charge on any atom is -0.341 e. The Labute approximate surface area is 154 Å². The summed E-state index contributed by atoms with van der Waals surface area (Å²) in [7, 11) is -2.12. The number of urea groups is 1. The Balaban J connectivity index is 2.02. The van der Waals surface area contributed by atoms with Crippen molar-refractivity contribution in [2.45, 2.75) is 31.7 Å². The zero-order valence-corrected chi connectivity index (χ0v) is 16.4. The van der Waals surface area contributed by atoms with Gasteiger partial charge in [-0.15, -0.1) is 0 Å². The second kappa shape index (κ2) is 8.15. The number of piperazine rings is 1. The Kier molecular flexibility index (Phi) is 6.38. The van der Waals surface area contributed by atoms with Crippen LogP contribution in [0.15, 0.2) is 23.1 Å². The maximum Gasteiger partial charge on any atom is 0.321 e. The third kappa shape index (κ3) is 4.40. The molecule has 2 rings (SSSR count). The molecule has 9 heteroatoms. The molecular formula is C17H26N4O4S. The van der Waals surface area contributed by atoms with Crippen LogP contribution < -0.4 is 10.6 Å². The number of sulfonamides is 1. The predicted octanol–water partition coefficient (Wildman–Crippen LogP) is 0.454. The number of hydrogen-bond donors (Lipinski definition) is 2. The number of rotatable bonds is 4. The summed E-state index contributed by atoms with van der Waals surface area (Å²) in [4.78, 5) is 25.4. The summed E-state index contributed by atoms with van der Waals surface area (Å²) >= 11 is 0. The average Bonchev–Trinajstić information content (AvgIpc) is 2.63. The Morgan fingerprint density at radius 2 is 1.69 bits per heavy atom. The first kappa shape index (κ1) is 20.3. The molecule has 0 saturated carbocycles. The van der Waals surface area contributed by atoms with Gasteiger partial charge in [0.05, 0.1) is 10.9 Å². The molecule has 1 saturated heterocycles. The second-order valence-electron chi connectivity index (χ2n) is 6.43. The van der Waals surface area contributed by atoms with Crippen LogP contribution in [0.25, 0.3) is 0 Å². The molecule has 1 heterocycles. The zero-order valence-electron chi connectivity index (χ0n) is 15.6. The topological polar surface area (TPSA) is 98.8 Å². The summed E-state index contributed by atoms with van der Waals surface area (Å²) in [5.41, 5.74) is 1.98. The quantitative estimate of drug-likeness (QED) is 0.788. The first-order valence-corrected chi connectivity index (χ1v) is 9.95. The number of nitrogens with zero attached hydrogens (tertiary/aromatic N) is 2. The van der Waals surface area contributed by atoms with Gasteiger partial charge in [0.2, 0.25) is 15.9 Å². The number of aryl methyl sites for hydroxylation is 2. The van der Waals surface area contributed by atoms with Gasteiger partial charge in [-0.3, -0.25) is 15.0 Å². The van der Waals surface area contributed by atoms with E-state index in [1.165, 1.54) is 11.4 Å². The Bertz CT molecular complexity index is 786. The van der Waals surface area contributed by atoms with E-state index < -0.39 is 28.0 Å². The summed E-state index contributed by atoms with van der Waals surface area (Å²) in [5.74, 6) is -0.408. The van der Waals surface area contributed by atoms with Crippen molar-refractivity contribution in [3.8, 4) is 0 Å². The largest absolute Gasteiger partial charge is 0.341 e. The van der Waals surface area contributed by atoms with Gasteiger partial charge in [-0.1, -0.05) is 6.07 Å². The van der Waals surface area contributed by atoms with Crippen LogP contribution in [0.5, 0.6) is 0 Å². The second-order valence-corrected chi connectivity index (χ2v) is 8.37. The van der Waals surface area contributed by atoms with Crippen molar-refractivity contribution in [3.05, 3.63) is 29.3 Å². The summed E-state index contributed by atoms with van der Waals surface area (Å²) in [6.07, 6.45) is 0. The Morgan fingerprint density at radius 3 is 2.23 bits per heavy atom. The van der Waals surface area contributed by atoms with Crippen molar-refractivity contribution in [1.82, 2.24) is 19.8 Å². The van der Waals surface area contributed by atoms with E-state index in [1.807, 2.05) is 24.8 Å². The number of benzene rings is 1. The molecule has 0 bridgehead atoms. The monoisotopic (exact) mass is 382 g/mol. The molecule has 1 aromatic rings. The summed E-state index contributed by atoms with van der Waals surface area (Å²) in [6.45, 7) is 6.97. The lowest BCUT2D eigenvalue weighted by atomic mass is 10.1. The molecule has 1 fully saturated rings. The number of hydrogen-bond acceptors (Lipinski definition) is 5. The van der Waals surface area contributed by atoms with Crippen LogP contribution in [0.3, 0.4) is 0 Å². The summed E-state index contributed by atoms with van der Waals surface area (Å²) in [6, 6.07) is 4.06. The van der Waals surface area contributed by atoms with Gasteiger partial charge < -0.3 is 5.32 Å². The van der Waals surface area contributed by atoms with E-state index in [-0.39, 0.29) is 0 Å². The maximum atomic E-state index is 12.8. The minimum atomic E-state index is -3.55. The predicted molar refractivity (Wildman–Crippen MR) is 98.3 cm³/mol. The fourth-order valence-electron chi connectivity index (χ4n) is 2.80. The first-order chi connectivity index (χ1) is 12.2. The van der Waals surface area contributed by atoms with Crippen molar-refractivity contribution in [3.63, 3.8) is 0 Å². The van der Waals surface area contributed by atoms with Crippen molar-refractivity contribution < 1.29 is 18.0 Å². The van der Waals surface area contributed by atoms with Crippen LogP contribution in [0.1, 0.15) is 18.1 Å². The van der Waals surface area contributed by atoms with E-state index >= 15 is 0 Å². The van der Waals surface area contributed by atoms with Crippen molar-refractivity contribution in [2.24, 2.45) is 0 Å². The van der Waals surface area contributed by atoms with E-state index in [0.29, 0.717) is 31.1 Å². The molecule has 144 valence electrons. The van der Waals surface area contributed by atoms with Gasteiger partial charge in [-0.25, -0.2) is 13.2 Å². The molecule has 1 aliphatic rings. The fourth-order valence-corrected chi connectivity index (χ4v) is 4.31. The Hall–Kier alpha value is -1.97. The van der Waals surface area contributed by atoms with Crippen molar-refractivity contribution >= 4 is 22.0 Å². The zero-order chi connectivity index (χ0) is 19.5. The van der Waals surface area contributed by atoms with Gasteiger partial charge >= 0.3 is 6.03 Å². The summed E-state index contributed by atoms with van der Waals surface area (Å²) in [5, 5.41) is 4.57. The first-order valence-electron chi connectivity index (χ1n) is 8.51. The molecule has 0 aromatic heterocycles. The highest BCUT2D eigenvalue weighted by Crippen LogP contribution is 2.21. The number of imide groups is 1. The van der Waals surface area contributed by atoms with E-state index in [4.69, 9.17) is 0 Å². The van der Waals surface area contributed by atoms with Crippen LogP contribution in [0.4, 0.5) is 4.79 Å². The molecule has 3 amide bonds. The molecule has 0 aliphatic carbocycles. The third-order valence-electron chi connectivity index (χ3n) is 4.78. The van der Waals surface area contributed by atoms with Gasteiger partial charge in [0.1, 0.15) is 0 Å². The smallest absolute Gasteiger partial charge is 0.321 e. The molecule has 1 aliphatic heterocycles. The lowest BCUT2D eigenvalue weighted by Crippen LogP contribution is -2.56. The number of amides is 3. The van der Waals surface area contributed by atoms with Gasteiger partial charge in [0.25, 0.3) is 0 Å². The number of carbonyl (C=O) groups excluding carboxylic acids is 2. The van der Waals surface area contributed by atoms with E-state index in [0.717, 1.165) is 11.1 Å². The molecule has 1 aromatic carbocycles. The molecule has 0 spiro atoms. The highest BCUT2D eigenvalue weighted by molar-refractivity contribution is 7.89. The molecule has 2 N–H and O–H groups in total. The van der Waals surface area contributed by atoms with Crippen LogP contribution in [0.2, 0.25) is 0 Å². The Morgan fingerprint density at radius 1 is 1.08 bits per heavy atom. The van der Waals surface area contributed by atoms with Crippen molar-refractivity contribution in [1.29, 1.82) is 0 Å². The SMILES string of the molecule is CNC(=O)NC(=O)C(C)N1CCN(S(=O)(=O)c2ccc(C)c(C)c2)CC1. The fraction of sp³-hybridized carbons (Fsp3) is 0.529. The number of carbonyl (C=O) groups is 2. The highest BCUT2D eigenvalue weighted by atomic mass is 32.2. The molecule has 1 unspecified atom stereocenters. The normalized spacial score (nSPS) is 17.5. The highest BCUT2D eigenvalue weighted by Gasteiger charge is 2.32. The maximum absolute atomic E-state index is 12.8. The molecular weight excluding hydrogens is 356 g/mol. The van der Waals surface area contributed by atoms with Crippen LogP contribution in [-0.4, -0.2) is 68.8 Å². The third-order valence-corrected chi connectivity index (χ3v) is 6.67. The molecule has 0 radical (unpaired) electrons. The lowest BCUT2D eigenvalue weighted by Gasteiger charge is -2.36. The molecule has 8 nitrogen and oxygen atoms in total. The van der Waals surface area contributed by atoms with Crippen LogP contribution in [-0.2, 0) is 14.8 Å². The molecule has 26 heavy (non-hydrogen) atoms. The van der Waals surface area contributed by atoms with Crippen LogP contribution >= 0.6 is 0 Å². The lowest BCUT2D eigenvalue weighted by molar-refractivity contribution is -0.125. The van der Waals surface area contributed by atoms with Gasteiger partial charge in [0, 0.05) is 33.2 Å². The van der Waals surface area contributed by atoms with Gasteiger partial charge in [-0.2, -0.15) is 4.31 Å². The van der Waals surface area contributed by atoms with Gasteiger partial charge in [-0.05, 0) is 44.0 Å². The summed E-state index contributed by atoms with van der Waals surface area (Å²) < 4.78 is 27.1. The average molecular weight is 382 g/mol. The van der Waals surface area contributed by atoms with E-state index in [1.54, 1.807) is 19.1 Å². The van der Waals surface area contributed by atoms with E-state index in [2.05, 4.69) is 10.6 Å². The number of nitrogens with one attached hydrogen (secondary N) is 2. The standard InChI is InChI=1S/C17H26N4O4S/c1-12-5-6-15(11-13(12)2)26(24,25)21-9-7-20(8-10-21)14(3)16(22)19-17(23)18-4/h5-6,11,14H,7-10H2,1-4H3,(H2,18,19,22,23).